The maximum atomic E-state index is 2.92. The lowest BCUT2D eigenvalue weighted by Crippen LogP contribution is -2.55. The fourth-order valence-electron chi connectivity index (χ4n) is 5.77. The van der Waals surface area contributed by atoms with E-state index < -0.39 is 0 Å². The van der Waals surface area contributed by atoms with Crippen LogP contribution in [0.2, 0.25) is 0 Å². The zero-order valence-corrected chi connectivity index (χ0v) is 24.7. The molecule has 33 heavy (non-hydrogen) atoms. The molecule has 0 aromatic carbocycles. The normalized spacial score (nSPS) is 12.7. The van der Waals surface area contributed by atoms with E-state index in [4.69, 9.17) is 0 Å². The van der Waals surface area contributed by atoms with Gasteiger partial charge in [0.2, 0.25) is 0 Å². The predicted octanol–water partition coefficient (Wildman–Crippen LogP) is 11.5. The van der Waals surface area contributed by atoms with Gasteiger partial charge in [-0.3, -0.25) is 4.90 Å². The van der Waals surface area contributed by atoms with Crippen molar-refractivity contribution < 1.29 is 0 Å². The van der Waals surface area contributed by atoms with Crippen LogP contribution in [0.1, 0.15) is 190 Å². The first kappa shape index (κ1) is 33.0. The molecule has 0 saturated carbocycles. The van der Waals surface area contributed by atoms with Gasteiger partial charge in [0.1, 0.15) is 0 Å². The third-order valence-electron chi connectivity index (χ3n) is 7.98. The molecule has 1 nitrogen and oxygen atoms in total. The number of rotatable bonds is 25. The summed E-state index contributed by atoms with van der Waals surface area (Å²) in [6.45, 7) is 18.4. The summed E-state index contributed by atoms with van der Waals surface area (Å²) in [6.07, 6.45) is 31.1. The van der Waals surface area contributed by atoms with Gasteiger partial charge in [-0.1, -0.05) is 143 Å². The molecule has 0 heterocycles. The van der Waals surface area contributed by atoms with Crippen molar-refractivity contribution in [2.75, 3.05) is 6.54 Å². The molecule has 0 radical (unpaired) electrons. The summed E-state index contributed by atoms with van der Waals surface area (Å²) in [6, 6.07) is 0. The van der Waals surface area contributed by atoms with E-state index in [-0.39, 0.29) is 0 Å². The number of hydrogen-bond acceptors (Lipinski definition) is 1. The van der Waals surface area contributed by atoms with Crippen LogP contribution in [0.5, 0.6) is 0 Å². The van der Waals surface area contributed by atoms with Crippen molar-refractivity contribution in [2.24, 2.45) is 0 Å². The fourth-order valence-corrected chi connectivity index (χ4v) is 5.77. The van der Waals surface area contributed by atoms with Gasteiger partial charge in [-0.15, -0.1) is 0 Å². The lowest BCUT2D eigenvalue weighted by Gasteiger charge is -2.49. The summed E-state index contributed by atoms with van der Waals surface area (Å²) < 4.78 is 0. The first-order valence-electron chi connectivity index (χ1n) is 15.6. The van der Waals surface area contributed by atoms with Crippen LogP contribution >= 0.6 is 0 Å². The SMILES string of the molecule is CCCCCCCCCCCCCCN(C(C)(C)CCCCCC)C(C)(C)CCCCCC. The standard InChI is InChI=1S/C32H67N/c1-8-11-14-17-18-19-20-21-22-23-24-27-30-33(31(4,5)28-25-15-12-9-2)32(6,7)29-26-16-13-10-3/h8-30H2,1-7H3. The maximum Gasteiger partial charge on any atom is 0.0158 e. The van der Waals surface area contributed by atoms with E-state index in [0.29, 0.717) is 11.1 Å². The Hall–Kier alpha value is -0.0400. The largest absolute Gasteiger partial charge is 0.293 e. The zero-order chi connectivity index (χ0) is 24.8. The molecule has 0 fully saturated rings. The molecule has 0 unspecified atom stereocenters. The van der Waals surface area contributed by atoms with Gasteiger partial charge in [-0.2, -0.15) is 0 Å². The van der Waals surface area contributed by atoms with Crippen LogP contribution in [0, 0.1) is 0 Å². The quantitative estimate of drug-likeness (QED) is 0.121. The summed E-state index contributed by atoms with van der Waals surface area (Å²) in [5.41, 5.74) is 0.638. The molecule has 0 N–H and O–H groups in total. The monoisotopic (exact) mass is 466 g/mol. The van der Waals surface area contributed by atoms with E-state index in [1.54, 1.807) is 0 Å². The highest BCUT2D eigenvalue weighted by Crippen LogP contribution is 2.33. The molecule has 0 aromatic heterocycles. The second-order valence-corrected chi connectivity index (χ2v) is 12.3. The number of unbranched alkanes of at least 4 members (excludes halogenated alkanes) is 17. The van der Waals surface area contributed by atoms with Gasteiger partial charge in [-0.25, -0.2) is 0 Å². The predicted molar refractivity (Wildman–Crippen MR) is 153 cm³/mol. The van der Waals surface area contributed by atoms with Crippen molar-refractivity contribution in [1.29, 1.82) is 0 Å². The van der Waals surface area contributed by atoms with Gasteiger partial charge in [0.15, 0.2) is 0 Å². The summed E-state index contributed by atoms with van der Waals surface area (Å²) in [4.78, 5) is 2.92. The van der Waals surface area contributed by atoms with Crippen LogP contribution < -0.4 is 0 Å². The van der Waals surface area contributed by atoms with Gasteiger partial charge in [0.25, 0.3) is 0 Å². The van der Waals surface area contributed by atoms with Gasteiger partial charge >= 0.3 is 0 Å². The average molecular weight is 466 g/mol. The highest BCUT2D eigenvalue weighted by molar-refractivity contribution is 4.92. The number of hydrogen-bond donors (Lipinski definition) is 0. The third-order valence-corrected chi connectivity index (χ3v) is 7.98. The van der Waals surface area contributed by atoms with Gasteiger partial charge < -0.3 is 0 Å². The Labute approximate surface area is 212 Å². The Morgan fingerprint density at radius 3 is 0.970 bits per heavy atom. The lowest BCUT2D eigenvalue weighted by molar-refractivity contribution is 0.00154. The molecule has 0 bridgehead atoms. The van der Waals surface area contributed by atoms with Crippen LogP contribution in [0.15, 0.2) is 0 Å². The Morgan fingerprint density at radius 1 is 0.364 bits per heavy atom. The molecule has 1 heteroatoms. The first-order valence-corrected chi connectivity index (χ1v) is 15.6. The third kappa shape index (κ3) is 18.0. The highest BCUT2D eigenvalue weighted by Gasteiger charge is 2.36. The van der Waals surface area contributed by atoms with Crippen molar-refractivity contribution in [1.82, 2.24) is 4.90 Å². The molecule has 0 aliphatic heterocycles. The van der Waals surface area contributed by atoms with Crippen molar-refractivity contribution in [3.8, 4) is 0 Å². The van der Waals surface area contributed by atoms with E-state index in [1.165, 1.54) is 148 Å². The van der Waals surface area contributed by atoms with Crippen LogP contribution in [-0.4, -0.2) is 22.5 Å². The van der Waals surface area contributed by atoms with E-state index in [9.17, 15) is 0 Å². The summed E-state index contributed by atoms with van der Waals surface area (Å²) in [5.74, 6) is 0. The smallest absolute Gasteiger partial charge is 0.0158 e. The first-order chi connectivity index (χ1) is 15.8. The highest BCUT2D eigenvalue weighted by atomic mass is 15.2. The fraction of sp³-hybridized carbons (Fsp3) is 1.00. The molecule has 200 valence electrons. The average Bonchev–Trinajstić information content (AvgIpc) is 2.77. The van der Waals surface area contributed by atoms with Crippen LogP contribution in [0.25, 0.3) is 0 Å². The lowest BCUT2D eigenvalue weighted by atomic mass is 9.85. The van der Waals surface area contributed by atoms with Crippen LogP contribution in [-0.2, 0) is 0 Å². The van der Waals surface area contributed by atoms with Crippen LogP contribution in [0.4, 0.5) is 0 Å². The Balaban J connectivity index is 4.40. The minimum absolute atomic E-state index is 0.319. The second kappa shape index (κ2) is 21.3. The molecular formula is C32H67N. The molecule has 0 amide bonds. The Morgan fingerprint density at radius 2 is 0.636 bits per heavy atom. The molecule has 0 aromatic rings. The molecule has 0 aliphatic carbocycles. The van der Waals surface area contributed by atoms with Gasteiger partial charge in [0, 0.05) is 11.1 Å². The minimum Gasteiger partial charge on any atom is -0.293 e. The summed E-state index contributed by atoms with van der Waals surface area (Å²) in [5, 5.41) is 0. The van der Waals surface area contributed by atoms with E-state index in [2.05, 4.69) is 53.4 Å². The van der Waals surface area contributed by atoms with E-state index >= 15 is 0 Å². The van der Waals surface area contributed by atoms with Crippen molar-refractivity contribution in [3.05, 3.63) is 0 Å². The van der Waals surface area contributed by atoms with Crippen molar-refractivity contribution in [3.63, 3.8) is 0 Å². The minimum atomic E-state index is 0.319. The summed E-state index contributed by atoms with van der Waals surface area (Å²) in [7, 11) is 0. The second-order valence-electron chi connectivity index (χ2n) is 12.3. The van der Waals surface area contributed by atoms with Gasteiger partial charge in [0.05, 0.1) is 0 Å². The zero-order valence-electron chi connectivity index (χ0n) is 24.7. The Kier molecular flexibility index (Phi) is 21.2. The Bertz CT molecular complexity index is 373. The molecule has 0 atom stereocenters. The molecule has 0 spiro atoms. The topological polar surface area (TPSA) is 3.24 Å². The van der Waals surface area contributed by atoms with E-state index in [1.807, 2.05) is 0 Å². The van der Waals surface area contributed by atoms with Crippen molar-refractivity contribution in [2.45, 2.75) is 201 Å². The number of nitrogens with zero attached hydrogens (tertiary/aromatic N) is 1. The molecule has 0 aliphatic rings. The van der Waals surface area contributed by atoms with E-state index in [0.717, 1.165) is 0 Å². The maximum absolute atomic E-state index is 2.92. The van der Waals surface area contributed by atoms with Gasteiger partial charge in [-0.05, 0) is 53.5 Å². The molecular weight excluding hydrogens is 398 g/mol. The summed E-state index contributed by atoms with van der Waals surface area (Å²) >= 11 is 0. The van der Waals surface area contributed by atoms with Crippen LogP contribution in [0.3, 0.4) is 0 Å². The molecule has 0 rings (SSSR count). The van der Waals surface area contributed by atoms with Crippen molar-refractivity contribution >= 4 is 0 Å². The molecule has 0 saturated heterocycles.